The number of nitrogens with zero attached hydrogens (tertiary/aromatic N) is 1. The van der Waals surface area contributed by atoms with Crippen LogP contribution >= 0.6 is 0 Å². The quantitative estimate of drug-likeness (QED) is 0.232. The molecule has 41 heavy (non-hydrogen) atoms. The molecule has 0 unspecified atom stereocenters. The van der Waals surface area contributed by atoms with Gasteiger partial charge in [-0.2, -0.15) is 0 Å². The van der Waals surface area contributed by atoms with Gasteiger partial charge in [0.25, 0.3) is 0 Å². The first kappa shape index (κ1) is 22.7. The number of hydrogen-bond acceptors (Lipinski definition) is 0. The molecule has 9 rings (SSSR count). The number of hydrogen-bond donors (Lipinski definition) is 1. The minimum Gasteiger partial charge on any atom is -0.355 e. The van der Waals surface area contributed by atoms with E-state index in [9.17, 15) is 0 Å². The first-order valence-electron chi connectivity index (χ1n) is 14.4. The van der Waals surface area contributed by atoms with E-state index in [2.05, 4.69) is 151 Å². The summed E-state index contributed by atoms with van der Waals surface area (Å²) in [6.45, 7) is 4.72. The summed E-state index contributed by atoms with van der Waals surface area (Å²) in [6.07, 6.45) is 0. The summed E-state index contributed by atoms with van der Waals surface area (Å²) in [5.74, 6) is 0. The van der Waals surface area contributed by atoms with Gasteiger partial charge in [0.15, 0.2) is 0 Å². The second kappa shape index (κ2) is 7.99. The molecule has 0 spiro atoms. The molecule has 1 N–H and O–H groups in total. The van der Waals surface area contributed by atoms with Crippen molar-refractivity contribution >= 4 is 43.6 Å². The van der Waals surface area contributed by atoms with Crippen molar-refractivity contribution in [3.63, 3.8) is 0 Å². The van der Waals surface area contributed by atoms with Gasteiger partial charge in [-0.1, -0.05) is 86.6 Å². The van der Waals surface area contributed by atoms with Crippen molar-refractivity contribution in [3.8, 4) is 27.9 Å². The molecule has 8 aromatic rings. The molecule has 0 radical (unpaired) electrons. The summed E-state index contributed by atoms with van der Waals surface area (Å²) in [4.78, 5) is 3.57. The average molecular weight is 525 g/mol. The zero-order valence-corrected chi connectivity index (χ0v) is 23.1. The Hall–Kier alpha value is -5.08. The van der Waals surface area contributed by atoms with Crippen molar-refractivity contribution in [2.45, 2.75) is 19.3 Å². The van der Waals surface area contributed by atoms with E-state index in [1.54, 1.807) is 0 Å². The van der Waals surface area contributed by atoms with Crippen LogP contribution in [-0.2, 0) is 5.41 Å². The SMILES string of the molecule is CC1(C)c2ccccc2-c2cc3c4cc(-c5ccc6[nH]c7ccccc7c6c5)ccc4n(-c4ccccc4)c3cc21. The van der Waals surface area contributed by atoms with Crippen molar-refractivity contribution < 1.29 is 0 Å². The van der Waals surface area contributed by atoms with E-state index in [0.29, 0.717) is 0 Å². The van der Waals surface area contributed by atoms with Gasteiger partial charge in [0, 0.05) is 43.7 Å². The zero-order valence-electron chi connectivity index (χ0n) is 23.1. The highest BCUT2D eigenvalue weighted by Gasteiger charge is 2.36. The lowest BCUT2D eigenvalue weighted by Crippen LogP contribution is -2.14. The molecule has 0 amide bonds. The average Bonchev–Trinajstić information content (AvgIpc) is 3.62. The Kier molecular flexibility index (Phi) is 4.42. The van der Waals surface area contributed by atoms with Crippen LogP contribution in [0.4, 0.5) is 0 Å². The van der Waals surface area contributed by atoms with E-state index in [4.69, 9.17) is 0 Å². The predicted octanol–water partition coefficient (Wildman–Crippen LogP) is 10.4. The van der Waals surface area contributed by atoms with Gasteiger partial charge in [-0.15, -0.1) is 0 Å². The predicted molar refractivity (Wildman–Crippen MR) is 173 cm³/mol. The van der Waals surface area contributed by atoms with Crippen LogP contribution in [0.25, 0.3) is 71.6 Å². The molecule has 1 aliphatic carbocycles. The molecule has 0 aliphatic heterocycles. The van der Waals surface area contributed by atoms with Gasteiger partial charge in [-0.3, -0.25) is 0 Å². The molecule has 0 saturated carbocycles. The summed E-state index contributed by atoms with van der Waals surface area (Å²) < 4.78 is 2.44. The van der Waals surface area contributed by atoms with E-state index >= 15 is 0 Å². The normalized spacial score (nSPS) is 13.8. The smallest absolute Gasteiger partial charge is 0.0544 e. The molecule has 2 heterocycles. The van der Waals surface area contributed by atoms with Crippen molar-refractivity contribution in [2.75, 3.05) is 0 Å². The molecule has 0 saturated heterocycles. The van der Waals surface area contributed by atoms with Crippen LogP contribution in [0.2, 0.25) is 0 Å². The standard InChI is InChI=1S/C39H28N2/c1-39(2)33-14-8-6-12-27(33)29-22-32-31-21-25(24-16-18-36-30(20-24)28-13-7-9-15-35(28)40-36)17-19-37(31)41(38(32)23-34(29)39)26-10-4-3-5-11-26/h3-23,40H,1-2H3. The Morgan fingerprint density at radius 3 is 2.05 bits per heavy atom. The highest BCUT2D eigenvalue weighted by atomic mass is 15.0. The molecular weight excluding hydrogens is 496 g/mol. The Balaban J connectivity index is 1.34. The number of para-hydroxylation sites is 2. The van der Waals surface area contributed by atoms with Crippen molar-refractivity contribution in [2.24, 2.45) is 0 Å². The maximum atomic E-state index is 3.57. The van der Waals surface area contributed by atoms with Crippen molar-refractivity contribution in [1.82, 2.24) is 9.55 Å². The summed E-state index contributed by atoms with van der Waals surface area (Å²) >= 11 is 0. The van der Waals surface area contributed by atoms with Crippen molar-refractivity contribution in [3.05, 3.63) is 139 Å². The van der Waals surface area contributed by atoms with E-state index in [1.165, 1.54) is 82.7 Å². The second-order valence-corrected chi connectivity index (χ2v) is 11.9. The minimum atomic E-state index is -0.0437. The Morgan fingerprint density at radius 2 is 1.17 bits per heavy atom. The van der Waals surface area contributed by atoms with Gasteiger partial charge in [-0.25, -0.2) is 0 Å². The van der Waals surface area contributed by atoms with Gasteiger partial charge < -0.3 is 9.55 Å². The number of H-pyrrole nitrogens is 1. The number of aromatic amines is 1. The molecule has 2 nitrogen and oxygen atoms in total. The fourth-order valence-corrected chi connectivity index (χ4v) is 7.28. The van der Waals surface area contributed by atoms with Crippen LogP contribution < -0.4 is 0 Å². The van der Waals surface area contributed by atoms with Crippen LogP contribution in [0.3, 0.4) is 0 Å². The van der Waals surface area contributed by atoms with E-state index < -0.39 is 0 Å². The molecule has 2 aromatic heterocycles. The third kappa shape index (κ3) is 3.08. The zero-order chi connectivity index (χ0) is 27.3. The summed E-state index contributed by atoms with van der Waals surface area (Å²) in [5.41, 5.74) is 14.0. The number of benzene rings is 6. The third-order valence-corrected chi connectivity index (χ3v) is 9.32. The number of fused-ring (bicyclic) bond motifs is 9. The van der Waals surface area contributed by atoms with E-state index in [0.717, 1.165) is 0 Å². The van der Waals surface area contributed by atoms with Gasteiger partial charge in [0.2, 0.25) is 0 Å². The van der Waals surface area contributed by atoms with Crippen LogP contribution in [0.1, 0.15) is 25.0 Å². The second-order valence-electron chi connectivity index (χ2n) is 11.9. The number of aromatic nitrogens is 2. The van der Waals surface area contributed by atoms with Crippen LogP contribution in [-0.4, -0.2) is 9.55 Å². The van der Waals surface area contributed by atoms with Gasteiger partial charge in [0.05, 0.1) is 11.0 Å². The summed E-state index contributed by atoms with van der Waals surface area (Å²) in [5, 5.41) is 5.11. The lowest BCUT2D eigenvalue weighted by atomic mass is 9.82. The highest BCUT2D eigenvalue weighted by Crippen LogP contribution is 2.51. The molecular formula is C39H28N2. The van der Waals surface area contributed by atoms with E-state index in [-0.39, 0.29) is 5.41 Å². The first-order valence-corrected chi connectivity index (χ1v) is 14.4. The van der Waals surface area contributed by atoms with Gasteiger partial charge >= 0.3 is 0 Å². The third-order valence-electron chi connectivity index (χ3n) is 9.32. The minimum absolute atomic E-state index is 0.0437. The molecule has 0 bridgehead atoms. The monoisotopic (exact) mass is 524 g/mol. The summed E-state index contributed by atoms with van der Waals surface area (Å²) in [6, 6.07) is 46.9. The largest absolute Gasteiger partial charge is 0.355 e. The van der Waals surface area contributed by atoms with Crippen molar-refractivity contribution in [1.29, 1.82) is 0 Å². The first-order chi connectivity index (χ1) is 20.1. The molecule has 0 fully saturated rings. The lowest BCUT2D eigenvalue weighted by molar-refractivity contribution is 0.661. The fraction of sp³-hybridized carbons (Fsp3) is 0.0769. The fourth-order valence-electron chi connectivity index (χ4n) is 7.28. The number of nitrogens with one attached hydrogen (secondary N) is 1. The molecule has 0 atom stereocenters. The lowest BCUT2D eigenvalue weighted by Gasteiger charge is -2.21. The van der Waals surface area contributed by atoms with Gasteiger partial charge in [0.1, 0.15) is 0 Å². The van der Waals surface area contributed by atoms with Crippen LogP contribution in [0.5, 0.6) is 0 Å². The molecule has 6 aromatic carbocycles. The Bertz CT molecular complexity index is 2330. The molecule has 2 heteroatoms. The number of rotatable bonds is 2. The maximum Gasteiger partial charge on any atom is 0.0544 e. The highest BCUT2D eigenvalue weighted by molar-refractivity contribution is 6.13. The van der Waals surface area contributed by atoms with Gasteiger partial charge in [-0.05, 0) is 88.0 Å². The van der Waals surface area contributed by atoms with E-state index in [1.807, 2.05) is 0 Å². The van der Waals surface area contributed by atoms with Crippen LogP contribution in [0, 0.1) is 0 Å². The maximum absolute atomic E-state index is 3.57. The molecule has 1 aliphatic rings. The summed E-state index contributed by atoms with van der Waals surface area (Å²) in [7, 11) is 0. The van der Waals surface area contributed by atoms with Crippen LogP contribution in [0.15, 0.2) is 127 Å². The Labute approximate surface area is 238 Å². The topological polar surface area (TPSA) is 20.7 Å². The molecule has 194 valence electrons. The Morgan fingerprint density at radius 1 is 0.488 bits per heavy atom.